The predicted molar refractivity (Wildman–Crippen MR) is 134 cm³/mol. The Hall–Kier alpha value is -3.77. The van der Waals surface area contributed by atoms with E-state index in [4.69, 9.17) is 10.9 Å². The molecule has 3 atom stereocenters. The van der Waals surface area contributed by atoms with Crippen molar-refractivity contribution in [1.82, 2.24) is 25.0 Å². The molecule has 36 heavy (non-hydrogen) atoms. The normalized spacial score (nSPS) is 19.7. The molecule has 0 bridgehead atoms. The Kier molecular flexibility index (Phi) is 6.96. The van der Waals surface area contributed by atoms with E-state index in [1.165, 1.54) is 17.5 Å². The van der Waals surface area contributed by atoms with Gasteiger partial charge in [0.1, 0.15) is 24.1 Å². The molecule has 8 nitrogen and oxygen atoms in total. The van der Waals surface area contributed by atoms with Gasteiger partial charge in [-0.15, -0.1) is 6.42 Å². The highest BCUT2D eigenvalue weighted by atomic mass is 16.5. The number of terminal acetylenes is 1. The second-order valence-corrected chi connectivity index (χ2v) is 9.23. The van der Waals surface area contributed by atoms with E-state index < -0.39 is 18.2 Å². The van der Waals surface area contributed by atoms with Gasteiger partial charge in [-0.2, -0.15) is 4.98 Å². The molecular weight excluding hydrogens is 454 g/mol. The van der Waals surface area contributed by atoms with E-state index in [-0.39, 0.29) is 0 Å². The number of benzene rings is 2. The lowest BCUT2D eigenvalue weighted by molar-refractivity contribution is 0.127. The first kappa shape index (κ1) is 23.9. The van der Waals surface area contributed by atoms with Gasteiger partial charge >= 0.3 is 0 Å². The van der Waals surface area contributed by atoms with Crippen LogP contribution in [0.25, 0.3) is 11.1 Å². The number of imidazole rings is 1. The van der Waals surface area contributed by atoms with Gasteiger partial charge < -0.3 is 24.6 Å². The standard InChI is InChI=1S/C28H29N5O3/c1-3-25(33-13-12-29-28(33)18(2)34)27(35)20-10-8-19(9-11-20)23-6-4-5-7-24(23)21-14-22(15-21)30-16-26-31-17-36-32-26/h1,4-13,17-18,21-22,25,27,30,34-35H,14-16H2,2H3. The third-order valence-corrected chi connectivity index (χ3v) is 6.90. The van der Waals surface area contributed by atoms with Crippen LogP contribution in [-0.2, 0) is 6.54 Å². The molecule has 1 saturated carbocycles. The summed E-state index contributed by atoms with van der Waals surface area (Å²) in [5, 5.41) is 28.4. The van der Waals surface area contributed by atoms with Gasteiger partial charge in [0.05, 0.1) is 6.54 Å². The minimum absolute atomic E-state index is 0.424. The first-order chi connectivity index (χ1) is 17.5. The number of nitrogens with one attached hydrogen (secondary N) is 1. The van der Waals surface area contributed by atoms with Gasteiger partial charge in [-0.3, -0.25) is 0 Å². The van der Waals surface area contributed by atoms with Crippen molar-refractivity contribution in [3.63, 3.8) is 0 Å². The Morgan fingerprint density at radius 3 is 2.61 bits per heavy atom. The molecule has 2 heterocycles. The van der Waals surface area contributed by atoms with Gasteiger partial charge in [-0.1, -0.05) is 59.6 Å². The van der Waals surface area contributed by atoms with Crippen molar-refractivity contribution in [1.29, 1.82) is 0 Å². The van der Waals surface area contributed by atoms with Crippen LogP contribution in [0, 0.1) is 12.3 Å². The van der Waals surface area contributed by atoms with E-state index in [1.807, 2.05) is 24.3 Å². The Morgan fingerprint density at radius 1 is 1.14 bits per heavy atom. The van der Waals surface area contributed by atoms with Crippen LogP contribution in [0.1, 0.15) is 66.7 Å². The Labute approximate surface area is 210 Å². The van der Waals surface area contributed by atoms with E-state index in [9.17, 15) is 10.2 Å². The zero-order valence-electron chi connectivity index (χ0n) is 20.0. The average molecular weight is 484 g/mol. The molecule has 2 aromatic heterocycles. The fourth-order valence-electron chi connectivity index (χ4n) is 4.91. The largest absolute Gasteiger partial charge is 0.385 e. The maximum Gasteiger partial charge on any atom is 0.213 e. The first-order valence-electron chi connectivity index (χ1n) is 12.1. The topological polar surface area (TPSA) is 109 Å². The zero-order chi connectivity index (χ0) is 25.1. The molecule has 5 rings (SSSR count). The van der Waals surface area contributed by atoms with Gasteiger partial charge in [0.25, 0.3) is 0 Å². The van der Waals surface area contributed by atoms with Gasteiger partial charge in [-0.05, 0) is 47.9 Å². The quantitative estimate of drug-likeness (QED) is 0.310. The molecule has 0 radical (unpaired) electrons. The molecule has 184 valence electrons. The summed E-state index contributed by atoms with van der Waals surface area (Å²) >= 11 is 0. The van der Waals surface area contributed by atoms with Crippen LogP contribution < -0.4 is 5.32 Å². The Morgan fingerprint density at radius 2 is 1.92 bits per heavy atom. The number of aliphatic hydroxyl groups excluding tert-OH is 2. The van der Waals surface area contributed by atoms with Crippen LogP contribution in [0.5, 0.6) is 0 Å². The summed E-state index contributed by atoms with van der Waals surface area (Å²) in [6.45, 7) is 2.23. The number of rotatable bonds is 9. The van der Waals surface area contributed by atoms with Crippen molar-refractivity contribution < 1.29 is 14.7 Å². The van der Waals surface area contributed by atoms with Gasteiger partial charge in [0.2, 0.25) is 6.39 Å². The van der Waals surface area contributed by atoms with Crippen LogP contribution in [0.3, 0.4) is 0 Å². The summed E-state index contributed by atoms with van der Waals surface area (Å²) in [4.78, 5) is 8.23. The number of aromatic nitrogens is 4. The van der Waals surface area contributed by atoms with E-state index in [0.717, 1.165) is 18.4 Å². The molecule has 1 aliphatic rings. The molecule has 4 aromatic rings. The number of aliphatic hydroxyl groups is 2. The number of hydrogen-bond acceptors (Lipinski definition) is 7. The van der Waals surface area contributed by atoms with E-state index in [1.54, 1.807) is 23.9 Å². The summed E-state index contributed by atoms with van der Waals surface area (Å²) in [6.07, 6.45) is 10.7. The third-order valence-electron chi connectivity index (χ3n) is 6.90. The monoisotopic (exact) mass is 483 g/mol. The second-order valence-electron chi connectivity index (χ2n) is 9.23. The third kappa shape index (κ3) is 4.82. The predicted octanol–water partition coefficient (Wildman–Crippen LogP) is 3.93. The summed E-state index contributed by atoms with van der Waals surface area (Å²) in [7, 11) is 0. The van der Waals surface area contributed by atoms with Crippen molar-refractivity contribution >= 4 is 0 Å². The summed E-state index contributed by atoms with van der Waals surface area (Å²) in [5.41, 5.74) is 4.32. The highest BCUT2D eigenvalue weighted by molar-refractivity contribution is 5.68. The van der Waals surface area contributed by atoms with Gasteiger partial charge in [0.15, 0.2) is 5.82 Å². The van der Waals surface area contributed by atoms with Crippen LogP contribution in [0.2, 0.25) is 0 Å². The fraction of sp³-hybridized carbons (Fsp3) is 0.321. The zero-order valence-corrected chi connectivity index (χ0v) is 20.0. The molecule has 8 heteroatoms. The van der Waals surface area contributed by atoms with E-state index >= 15 is 0 Å². The Balaban J connectivity index is 1.29. The maximum absolute atomic E-state index is 11.1. The molecule has 0 spiro atoms. The van der Waals surface area contributed by atoms with E-state index in [2.05, 4.69) is 50.6 Å². The first-order valence-corrected chi connectivity index (χ1v) is 12.1. The van der Waals surface area contributed by atoms with Crippen molar-refractivity contribution in [2.45, 2.75) is 56.5 Å². The van der Waals surface area contributed by atoms with Gasteiger partial charge in [-0.25, -0.2) is 4.98 Å². The summed E-state index contributed by atoms with van der Waals surface area (Å²) < 4.78 is 6.44. The SMILES string of the molecule is C#CC(C(O)c1ccc(-c2ccccc2C2CC(NCc3ncon3)C2)cc1)n1ccnc1C(C)O. The second kappa shape index (κ2) is 10.5. The average Bonchev–Trinajstić information content (AvgIpc) is 3.57. The smallest absolute Gasteiger partial charge is 0.213 e. The van der Waals surface area contributed by atoms with Crippen LogP contribution in [0.4, 0.5) is 0 Å². The molecule has 2 aromatic carbocycles. The lowest BCUT2D eigenvalue weighted by atomic mass is 9.73. The fourth-order valence-corrected chi connectivity index (χ4v) is 4.91. The lowest BCUT2D eigenvalue weighted by Crippen LogP contribution is -2.40. The van der Waals surface area contributed by atoms with Crippen molar-refractivity contribution in [2.24, 2.45) is 0 Å². The number of hydrogen-bond donors (Lipinski definition) is 3. The number of nitrogens with zero attached hydrogens (tertiary/aromatic N) is 4. The van der Waals surface area contributed by atoms with Crippen molar-refractivity contribution in [3.05, 3.63) is 90.1 Å². The molecular formula is C28H29N5O3. The Bertz CT molecular complexity index is 1320. The summed E-state index contributed by atoms with van der Waals surface area (Å²) in [5.74, 6) is 4.22. The minimum Gasteiger partial charge on any atom is -0.385 e. The van der Waals surface area contributed by atoms with Crippen LogP contribution >= 0.6 is 0 Å². The maximum atomic E-state index is 11.1. The molecule has 1 aliphatic carbocycles. The molecule has 3 unspecified atom stereocenters. The van der Waals surface area contributed by atoms with Crippen molar-refractivity contribution in [2.75, 3.05) is 0 Å². The highest BCUT2D eigenvalue weighted by Crippen LogP contribution is 2.42. The molecule has 0 amide bonds. The molecule has 0 aliphatic heterocycles. The van der Waals surface area contributed by atoms with Crippen molar-refractivity contribution in [3.8, 4) is 23.5 Å². The van der Waals surface area contributed by atoms with Crippen LogP contribution in [-0.4, -0.2) is 35.9 Å². The molecule has 3 N–H and O–H groups in total. The van der Waals surface area contributed by atoms with Crippen LogP contribution in [0.15, 0.2) is 71.8 Å². The highest BCUT2D eigenvalue weighted by Gasteiger charge is 2.31. The molecule has 1 fully saturated rings. The molecule has 0 saturated heterocycles. The summed E-state index contributed by atoms with van der Waals surface area (Å²) in [6, 6.07) is 16.1. The lowest BCUT2D eigenvalue weighted by Gasteiger charge is -2.37. The van der Waals surface area contributed by atoms with E-state index in [0.29, 0.717) is 35.7 Å². The van der Waals surface area contributed by atoms with Gasteiger partial charge in [0, 0.05) is 18.4 Å². The minimum atomic E-state index is -0.941.